The zero-order valence-corrected chi connectivity index (χ0v) is 32.1. The van der Waals surface area contributed by atoms with Crippen LogP contribution in [0.2, 0.25) is 0 Å². The lowest BCUT2D eigenvalue weighted by Gasteiger charge is -2.17. The molecule has 0 unspecified atom stereocenters. The highest BCUT2D eigenvalue weighted by atomic mass is 16.3. The molecule has 60 heavy (non-hydrogen) atoms. The van der Waals surface area contributed by atoms with Crippen LogP contribution >= 0.6 is 0 Å². The van der Waals surface area contributed by atoms with Crippen molar-refractivity contribution in [2.75, 3.05) is 0 Å². The van der Waals surface area contributed by atoms with Gasteiger partial charge in [-0.3, -0.25) is 4.57 Å². The van der Waals surface area contributed by atoms with Crippen LogP contribution in [0, 0.1) is 0 Å². The normalized spacial score (nSPS) is 12.3. The maximum atomic E-state index is 6.61. The van der Waals surface area contributed by atoms with Gasteiger partial charge in [0.25, 0.3) is 0 Å². The van der Waals surface area contributed by atoms with E-state index in [0.29, 0.717) is 5.95 Å². The third kappa shape index (κ3) is 4.19. The molecule has 0 aliphatic heterocycles. The highest BCUT2D eigenvalue weighted by Crippen LogP contribution is 2.48. The highest BCUT2D eigenvalue weighted by Gasteiger charge is 2.24. The van der Waals surface area contributed by atoms with Crippen LogP contribution in [0.4, 0.5) is 0 Å². The average molecular weight is 762 g/mol. The number of hydrogen-bond donors (Lipinski definition) is 0. The van der Waals surface area contributed by atoms with Gasteiger partial charge in [0.2, 0.25) is 5.95 Å². The molecule has 0 aliphatic carbocycles. The molecule has 0 atom stereocenters. The summed E-state index contributed by atoms with van der Waals surface area (Å²) in [6.45, 7) is 0. The van der Waals surface area contributed by atoms with E-state index in [2.05, 4.69) is 187 Å². The van der Waals surface area contributed by atoms with Crippen molar-refractivity contribution >= 4 is 109 Å². The Morgan fingerprint density at radius 2 is 0.917 bits per heavy atom. The van der Waals surface area contributed by atoms with E-state index < -0.39 is 0 Å². The second-order valence-corrected chi connectivity index (χ2v) is 16.0. The summed E-state index contributed by atoms with van der Waals surface area (Å²) in [4.78, 5) is 11.0. The molecule has 11 aromatic carbocycles. The molecule has 14 aromatic rings. The second kappa shape index (κ2) is 11.8. The SMILES string of the molecule is c1ccc(-c2ccc(-c3nc(-n4c5ccccc5c5c6cccc7c8cccc9c%10c(cc(c(cc54)c76)c89)oc4ccccc4%10)nc4ccccc34)c3ccccc23)cc1. The van der Waals surface area contributed by atoms with Crippen LogP contribution in [0.5, 0.6) is 0 Å². The topological polar surface area (TPSA) is 43.9 Å². The van der Waals surface area contributed by atoms with Gasteiger partial charge in [-0.05, 0) is 95.3 Å². The zero-order chi connectivity index (χ0) is 39.1. The van der Waals surface area contributed by atoms with Crippen LogP contribution in [0.1, 0.15) is 0 Å². The molecule has 0 saturated heterocycles. The largest absolute Gasteiger partial charge is 0.456 e. The summed E-state index contributed by atoms with van der Waals surface area (Å²) in [5, 5.41) is 17.8. The molecular formula is C56H31N3O. The quantitative estimate of drug-likeness (QED) is 0.133. The van der Waals surface area contributed by atoms with Gasteiger partial charge in [-0.15, -0.1) is 0 Å². The van der Waals surface area contributed by atoms with Crippen LogP contribution in [-0.2, 0) is 0 Å². The lowest BCUT2D eigenvalue weighted by atomic mass is 9.87. The lowest BCUT2D eigenvalue weighted by molar-refractivity contribution is 0.669. The first-order chi connectivity index (χ1) is 29.8. The van der Waals surface area contributed by atoms with E-state index in [9.17, 15) is 0 Å². The van der Waals surface area contributed by atoms with E-state index in [1.807, 2.05) is 6.07 Å². The van der Waals surface area contributed by atoms with Gasteiger partial charge in [-0.1, -0.05) is 158 Å². The first kappa shape index (κ1) is 31.9. The molecule has 0 amide bonds. The zero-order valence-electron chi connectivity index (χ0n) is 32.1. The molecule has 4 heteroatoms. The predicted octanol–water partition coefficient (Wildman–Crippen LogP) is 15.2. The monoisotopic (exact) mass is 761 g/mol. The Morgan fingerprint density at radius 1 is 0.333 bits per heavy atom. The van der Waals surface area contributed by atoms with Crippen molar-refractivity contribution < 1.29 is 4.42 Å². The van der Waals surface area contributed by atoms with Gasteiger partial charge in [0.05, 0.1) is 22.2 Å². The van der Waals surface area contributed by atoms with Gasteiger partial charge in [0, 0.05) is 32.5 Å². The molecule has 276 valence electrons. The number of para-hydroxylation sites is 3. The Morgan fingerprint density at radius 3 is 1.72 bits per heavy atom. The minimum absolute atomic E-state index is 0.642. The molecule has 3 aromatic heterocycles. The average Bonchev–Trinajstić information content (AvgIpc) is 3.86. The predicted molar refractivity (Wildman–Crippen MR) is 251 cm³/mol. The summed E-state index contributed by atoms with van der Waals surface area (Å²) in [5.74, 6) is 0.642. The Labute approximate surface area is 342 Å². The number of aromatic nitrogens is 3. The second-order valence-electron chi connectivity index (χ2n) is 16.0. The van der Waals surface area contributed by atoms with E-state index in [0.717, 1.165) is 55.1 Å². The van der Waals surface area contributed by atoms with Gasteiger partial charge >= 0.3 is 0 Å². The standard InChI is InChI=1S/C56H31N3O/c1-2-14-32(15-3-1)33-28-29-38(35-17-5-4-16-34(33)35)55-39-18-6-9-25-46(39)57-56(58-55)59-47-26-10-7-19-40(47)53-42-23-12-21-36-37-22-13-24-43-52(37)45(44(51(36)42)30-48(53)59)31-50-54(43)41-20-8-11-27-49(41)60-50/h1-31H. The van der Waals surface area contributed by atoms with Crippen LogP contribution in [0.25, 0.3) is 137 Å². The van der Waals surface area contributed by atoms with Crippen molar-refractivity contribution in [3.05, 3.63) is 188 Å². The summed E-state index contributed by atoms with van der Waals surface area (Å²) < 4.78 is 8.91. The molecule has 3 heterocycles. The van der Waals surface area contributed by atoms with Crippen molar-refractivity contribution in [2.24, 2.45) is 0 Å². The molecule has 0 bridgehead atoms. The van der Waals surface area contributed by atoms with Crippen LogP contribution < -0.4 is 0 Å². The number of fused-ring (bicyclic) bond motifs is 12. The van der Waals surface area contributed by atoms with E-state index in [4.69, 9.17) is 14.4 Å². The van der Waals surface area contributed by atoms with Crippen LogP contribution in [0.3, 0.4) is 0 Å². The van der Waals surface area contributed by atoms with Gasteiger partial charge in [-0.2, -0.15) is 0 Å². The summed E-state index contributed by atoms with van der Waals surface area (Å²) in [7, 11) is 0. The van der Waals surface area contributed by atoms with Crippen LogP contribution in [-0.4, -0.2) is 14.5 Å². The number of hydrogen-bond acceptors (Lipinski definition) is 3. The summed E-state index contributed by atoms with van der Waals surface area (Å²) in [6, 6.07) is 67.6. The molecule has 4 nitrogen and oxygen atoms in total. The van der Waals surface area contributed by atoms with Crippen molar-refractivity contribution in [3.8, 4) is 28.3 Å². The van der Waals surface area contributed by atoms with E-state index in [1.54, 1.807) is 0 Å². The molecule has 0 fully saturated rings. The van der Waals surface area contributed by atoms with E-state index in [1.165, 1.54) is 75.8 Å². The maximum absolute atomic E-state index is 6.61. The number of furan rings is 1. The lowest BCUT2D eigenvalue weighted by Crippen LogP contribution is -2.04. The van der Waals surface area contributed by atoms with E-state index >= 15 is 0 Å². The summed E-state index contributed by atoms with van der Waals surface area (Å²) >= 11 is 0. The fourth-order valence-electron chi connectivity index (χ4n) is 10.5. The van der Waals surface area contributed by atoms with Crippen molar-refractivity contribution in [1.29, 1.82) is 0 Å². The summed E-state index contributed by atoms with van der Waals surface area (Å²) in [6.07, 6.45) is 0. The Balaban J connectivity index is 1.12. The third-order valence-electron chi connectivity index (χ3n) is 12.9. The molecule has 0 spiro atoms. The first-order valence-electron chi connectivity index (χ1n) is 20.5. The Kier molecular flexibility index (Phi) is 6.26. The smallest absolute Gasteiger partial charge is 0.235 e. The van der Waals surface area contributed by atoms with Crippen molar-refractivity contribution in [2.45, 2.75) is 0 Å². The first-order valence-corrected chi connectivity index (χ1v) is 20.5. The third-order valence-corrected chi connectivity index (χ3v) is 12.9. The minimum Gasteiger partial charge on any atom is -0.456 e. The molecular weight excluding hydrogens is 731 g/mol. The number of benzene rings is 11. The van der Waals surface area contributed by atoms with Crippen molar-refractivity contribution in [1.82, 2.24) is 14.5 Å². The minimum atomic E-state index is 0.642. The highest BCUT2D eigenvalue weighted by molar-refractivity contribution is 6.41. The Bertz CT molecular complexity index is 4120. The maximum Gasteiger partial charge on any atom is 0.235 e. The van der Waals surface area contributed by atoms with Gasteiger partial charge in [0.15, 0.2) is 0 Å². The summed E-state index contributed by atoms with van der Waals surface area (Å²) in [5.41, 5.74) is 9.22. The molecule has 0 radical (unpaired) electrons. The van der Waals surface area contributed by atoms with Gasteiger partial charge in [-0.25, -0.2) is 9.97 Å². The fraction of sp³-hybridized carbons (Fsp3) is 0. The number of nitrogens with zero attached hydrogens (tertiary/aromatic N) is 3. The molecule has 0 saturated carbocycles. The fourth-order valence-corrected chi connectivity index (χ4v) is 10.5. The van der Waals surface area contributed by atoms with Crippen molar-refractivity contribution in [3.63, 3.8) is 0 Å². The number of rotatable bonds is 3. The molecule has 0 N–H and O–H groups in total. The van der Waals surface area contributed by atoms with Gasteiger partial charge < -0.3 is 4.42 Å². The molecule has 14 rings (SSSR count). The molecule has 0 aliphatic rings. The van der Waals surface area contributed by atoms with Gasteiger partial charge in [0.1, 0.15) is 11.2 Å². The Hall–Kier alpha value is -8.08. The van der Waals surface area contributed by atoms with E-state index in [-0.39, 0.29) is 0 Å². The van der Waals surface area contributed by atoms with Crippen LogP contribution in [0.15, 0.2) is 192 Å².